The van der Waals surface area contributed by atoms with Gasteiger partial charge in [0.1, 0.15) is 0 Å². The quantitative estimate of drug-likeness (QED) is 0.830. The van der Waals surface area contributed by atoms with Gasteiger partial charge in [-0.15, -0.1) is 0 Å². The number of benzene rings is 1. The summed E-state index contributed by atoms with van der Waals surface area (Å²) in [7, 11) is 0. The molecule has 0 bridgehead atoms. The second kappa shape index (κ2) is 8.78. The van der Waals surface area contributed by atoms with E-state index in [9.17, 15) is 9.59 Å². The second-order valence-electron chi connectivity index (χ2n) is 7.76. The van der Waals surface area contributed by atoms with Gasteiger partial charge in [0.2, 0.25) is 5.91 Å². The van der Waals surface area contributed by atoms with E-state index in [1.54, 1.807) is 16.9 Å². The Hall–Kier alpha value is -2.34. The van der Waals surface area contributed by atoms with Crippen LogP contribution in [0.15, 0.2) is 30.5 Å². The number of nitrogens with one attached hydrogen (secondary N) is 1. The number of halogens is 1. The molecule has 7 heteroatoms. The smallest absolute Gasteiger partial charge is 0.254 e. The van der Waals surface area contributed by atoms with Crippen LogP contribution in [0.25, 0.3) is 5.69 Å². The molecule has 6 nitrogen and oxygen atoms in total. The monoisotopic (exact) mass is 402 g/mol. The molecule has 0 atom stereocenters. The Kier molecular flexibility index (Phi) is 6.39. The maximum atomic E-state index is 12.7. The van der Waals surface area contributed by atoms with Gasteiger partial charge in [-0.05, 0) is 43.9 Å². The van der Waals surface area contributed by atoms with Crippen LogP contribution in [0.2, 0.25) is 5.02 Å². The fourth-order valence-corrected chi connectivity index (χ4v) is 3.70. The van der Waals surface area contributed by atoms with Crippen molar-refractivity contribution in [3.63, 3.8) is 0 Å². The van der Waals surface area contributed by atoms with Gasteiger partial charge in [-0.1, -0.05) is 31.5 Å². The predicted molar refractivity (Wildman–Crippen MR) is 110 cm³/mol. The highest BCUT2D eigenvalue weighted by atomic mass is 35.5. The van der Waals surface area contributed by atoms with E-state index < -0.39 is 0 Å². The molecule has 0 unspecified atom stereocenters. The van der Waals surface area contributed by atoms with E-state index in [0.29, 0.717) is 36.0 Å². The largest absolute Gasteiger partial charge is 0.349 e. The molecule has 0 radical (unpaired) electrons. The van der Waals surface area contributed by atoms with Crippen molar-refractivity contribution in [2.45, 2.75) is 46.1 Å². The number of amides is 2. The third-order valence-electron chi connectivity index (χ3n) is 5.07. The summed E-state index contributed by atoms with van der Waals surface area (Å²) >= 11 is 6.06. The van der Waals surface area contributed by atoms with Crippen LogP contribution in [-0.2, 0) is 4.79 Å². The fourth-order valence-electron chi connectivity index (χ4n) is 3.52. The molecule has 2 heterocycles. The van der Waals surface area contributed by atoms with Gasteiger partial charge in [0, 0.05) is 30.6 Å². The second-order valence-corrected chi connectivity index (χ2v) is 8.20. The van der Waals surface area contributed by atoms with Crippen LogP contribution in [-0.4, -0.2) is 45.6 Å². The number of carbonyl (C=O) groups is 2. The number of nitrogens with zero attached hydrogens (tertiary/aromatic N) is 3. The number of hydrogen-bond donors (Lipinski definition) is 1. The zero-order valence-electron chi connectivity index (χ0n) is 16.6. The van der Waals surface area contributed by atoms with Crippen molar-refractivity contribution in [2.75, 3.05) is 13.1 Å². The van der Waals surface area contributed by atoms with Crippen molar-refractivity contribution >= 4 is 23.4 Å². The molecule has 3 rings (SSSR count). The van der Waals surface area contributed by atoms with E-state index in [2.05, 4.69) is 24.3 Å². The lowest BCUT2D eigenvalue weighted by Crippen LogP contribution is -2.46. The number of carbonyl (C=O) groups excluding carboxylic acids is 2. The van der Waals surface area contributed by atoms with E-state index in [1.165, 1.54) is 0 Å². The first-order valence-corrected chi connectivity index (χ1v) is 10.1. The Morgan fingerprint density at radius 1 is 1.29 bits per heavy atom. The molecule has 1 N–H and O–H groups in total. The Morgan fingerprint density at radius 3 is 2.64 bits per heavy atom. The minimum atomic E-state index is -0.127. The van der Waals surface area contributed by atoms with Crippen molar-refractivity contribution in [1.82, 2.24) is 20.0 Å². The molecule has 2 amide bonds. The molecule has 1 aromatic carbocycles. The Morgan fingerprint density at radius 2 is 2.00 bits per heavy atom. The molecule has 1 aliphatic heterocycles. The number of hydrogen-bond acceptors (Lipinski definition) is 3. The first-order valence-electron chi connectivity index (χ1n) is 9.74. The van der Waals surface area contributed by atoms with Crippen LogP contribution in [0.4, 0.5) is 0 Å². The van der Waals surface area contributed by atoms with Gasteiger partial charge in [0.25, 0.3) is 5.91 Å². The number of piperidine rings is 1. The Balaban J connectivity index is 1.60. The van der Waals surface area contributed by atoms with Crippen LogP contribution < -0.4 is 5.32 Å². The third-order valence-corrected chi connectivity index (χ3v) is 5.31. The Bertz CT molecular complexity index is 854. The van der Waals surface area contributed by atoms with Crippen molar-refractivity contribution in [3.8, 4) is 5.69 Å². The van der Waals surface area contributed by atoms with E-state index in [0.717, 1.165) is 24.2 Å². The van der Waals surface area contributed by atoms with Crippen molar-refractivity contribution in [1.29, 1.82) is 0 Å². The van der Waals surface area contributed by atoms with Crippen molar-refractivity contribution in [3.05, 3.63) is 46.7 Å². The number of likely N-dealkylation sites (tertiary alicyclic amines) is 1. The van der Waals surface area contributed by atoms with Gasteiger partial charge in [0.05, 0.1) is 23.1 Å². The molecule has 150 valence electrons. The zero-order chi connectivity index (χ0) is 20.3. The zero-order valence-corrected chi connectivity index (χ0v) is 17.4. The molecule has 2 aromatic rings. The van der Waals surface area contributed by atoms with Crippen LogP contribution in [0.3, 0.4) is 0 Å². The third kappa shape index (κ3) is 4.73. The fraction of sp³-hybridized carbons (Fsp3) is 0.476. The topological polar surface area (TPSA) is 67.2 Å². The summed E-state index contributed by atoms with van der Waals surface area (Å²) < 4.78 is 1.72. The summed E-state index contributed by atoms with van der Waals surface area (Å²) in [6.07, 6.45) is 3.72. The van der Waals surface area contributed by atoms with Gasteiger partial charge in [-0.25, -0.2) is 4.68 Å². The summed E-state index contributed by atoms with van der Waals surface area (Å²) in [5, 5.41) is 8.07. The SMILES string of the molecule is Cc1c(C(=O)NC2CCN(C(=O)CC(C)C)CC2)cnn1-c1cccc(Cl)c1. The van der Waals surface area contributed by atoms with Gasteiger partial charge in [0.15, 0.2) is 0 Å². The lowest BCUT2D eigenvalue weighted by atomic mass is 10.0. The van der Waals surface area contributed by atoms with Crippen molar-refractivity contribution < 1.29 is 9.59 Å². The maximum Gasteiger partial charge on any atom is 0.254 e. The minimum absolute atomic E-state index is 0.0736. The highest BCUT2D eigenvalue weighted by molar-refractivity contribution is 6.30. The van der Waals surface area contributed by atoms with Crippen LogP contribution in [0.5, 0.6) is 0 Å². The molecule has 0 aliphatic carbocycles. The molecule has 1 saturated heterocycles. The van der Waals surface area contributed by atoms with Crippen LogP contribution in [0.1, 0.15) is 49.2 Å². The van der Waals surface area contributed by atoms with Crippen molar-refractivity contribution in [2.24, 2.45) is 5.92 Å². The summed E-state index contributed by atoms with van der Waals surface area (Å²) in [6, 6.07) is 7.44. The first-order chi connectivity index (χ1) is 13.3. The van der Waals surface area contributed by atoms with Crippen LogP contribution in [0, 0.1) is 12.8 Å². The van der Waals surface area contributed by atoms with Gasteiger partial charge in [-0.3, -0.25) is 9.59 Å². The first kappa shape index (κ1) is 20.4. The highest BCUT2D eigenvalue weighted by Gasteiger charge is 2.25. The van der Waals surface area contributed by atoms with E-state index in [1.807, 2.05) is 30.0 Å². The number of rotatable bonds is 5. The normalized spacial score (nSPS) is 15.1. The van der Waals surface area contributed by atoms with E-state index >= 15 is 0 Å². The Labute approximate surface area is 170 Å². The molecule has 0 spiro atoms. The molecule has 28 heavy (non-hydrogen) atoms. The summed E-state index contributed by atoms with van der Waals surface area (Å²) in [4.78, 5) is 26.8. The van der Waals surface area contributed by atoms with Gasteiger partial charge < -0.3 is 10.2 Å². The summed E-state index contributed by atoms with van der Waals surface area (Å²) in [6.45, 7) is 7.36. The molecule has 1 aromatic heterocycles. The molecule has 0 saturated carbocycles. The van der Waals surface area contributed by atoms with Gasteiger partial charge in [-0.2, -0.15) is 5.10 Å². The molecular formula is C21H27ClN4O2. The minimum Gasteiger partial charge on any atom is -0.349 e. The van der Waals surface area contributed by atoms with E-state index in [4.69, 9.17) is 11.6 Å². The lowest BCUT2D eigenvalue weighted by Gasteiger charge is -2.32. The molecular weight excluding hydrogens is 376 g/mol. The summed E-state index contributed by atoms with van der Waals surface area (Å²) in [5.41, 5.74) is 2.14. The average molecular weight is 403 g/mol. The van der Waals surface area contributed by atoms with Crippen LogP contribution >= 0.6 is 11.6 Å². The predicted octanol–water partition coefficient (Wildman–Crippen LogP) is 3.60. The molecule has 1 aliphatic rings. The molecule has 1 fully saturated rings. The maximum absolute atomic E-state index is 12.7. The van der Waals surface area contributed by atoms with Gasteiger partial charge >= 0.3 is 0 Å². The lowest BCUT2D eigenvalue weighted by molar-refractivity contribution is -0.133. The highest BCUT2D eigenvalue weighted by Crippen LogP contribution is 2.19. The average Bonchev–Trinajstić information content (AvgIpc) is 3.03. The number of aromatic nitrogens is 2. The van der Waals surface area contributed by atoms with E-state index in [-0.39, 0.29) is 17.9 Å². The summed E-state index contributed by atoms with van der Waals surface area (Å²) in [5.74, 6) is 0.445. The standard InChI is InChI=1S/C21H27ClN4O2/c1-14(2)11-20(27)25-9-7-17(8-10-25)24-21(28)19-13-23-26(15(19)3)18-6-4-5-16(22)12-18/h4-6,12-14,17H,7-11H2,1-3H3,(H,24,28).